The van der Waals surface area contributed by atoms with Crippen LogP contribution < -0.4 is 5.32 Å². The van der Waals surface area contributed by atoms with Crippen molar-refractivity contribution in [2.24, 2.45) is 22.7 Å². The first-order chi connectivity index (χ1) is 23.4. The molecule has 0 spiro atoms. The fourth-order valence-electron chi connectivity index (χ4n) is 9.73. The van der Waals surface area contributed by atoms with Crippen molar-refractivity contribution in [3.63, 3.8) is 0 Å². The van der Waals surface area contributed by atoms with Gasteiger partial charge in [0.15, 0.2) is 11.9 Å². The summed E-state index contributed by atoms with van der Waals surface area (Å²) in [6, 6.07) is 2.39. The van der Waals surface area contributed by atoms with Gasteiger partial charge >= 0.3 is 11.9 Å². The number of aliphatic hydroxyl groups excluding tert-OH is 3. The molecule has 1 aromatic heterocycles. The molecule has 2 bridgehead atoms. The summed E-state index contributed by atoms with van der Waals surface area (Å²) in [5.41, 5.74) is -7.15. The second-order valence-corrected chi connectivity index (χ2v) is 16.6. The molecule has 1 aromatic rings. The van der Waals surface area contributed by atoms with E-state index in [1.54, 1.807) is 38.3 Å². The standard InChI is InChI=1S/C36H49NO12S/c1-17-20(49-32(44)27(41)25(19-10-7-6-8-11-19)37-31(43)21-12-9-13-50-21)15-36(46)30(48-18(2)38)28-34(5,22(39)14-23-35(28,45)16-47-23)29(42)26(40)24(17)33(36,3)4/h9,12-13,19-20,22-23,25-28,30,39-41,45-46H,6-8,10-11,14-16H2,1-5H3,(H,37,43)/t20-,22-,23+,25-,26+,27+,28-,30-,34+,35-,36+/m0/s1. The Kier molecular flexibility index (Phi) is 9.67. The molecule has 6 rings (SSSR count). The largest absolute Gasteiger partial charge is 0.459 e. The van der Waals surface area contributed by atoms with Gasteiger partial charge in [-0.25, -0.2) is 4.79 Å². The third-order valence-corrected chi connectivity index (χ3v) is 13.6. The highest BCUT2D eigenvalue weighted by atomic mass is 32.1. The van der Waals surface area contributed by atoms with Crippen LogP contribution in [0.5, 0.6) is 0 Å². The van der Waals surface area contributed by atoms with Crippen molar-refractivity contribution < 1.29 is 58.9 Å². The second-order valence-electron chi connectivity index (χ2n) is 15.7. The first kappa shape index (κ1) is 37.1. The molecule has 4 aliphatic carbocycles. The van der Waals surface area contributed by atoms with E-state index in [1.807, 2.05) is 0 Å². The topological polar surface area (TPSA) is 209 Å². The molecule has 5 aliphatic rings. The number of thiophene rings is 1. The van der Waals surface area contributed by atoms with Crippen LogP contribution in [0.3, 0.4) is 0 Å². The van der Waals surface area contributed by atoms with Crippen LogP contribution in [-0.2, 0) is 28.6 Å². The lowest BCUT2D eigenvalue weighted by atomic mass is 9.45. The van der Waals surface area contributed by atoms with Gasteiger partial charge in [-0.2, -0.15) is 0 Å². The lowest BCUT2D eigenvalue weighted by molar-refractivity contribution is -0.345. The molecule has 2 heterocycles. The van der Waals surface area contributed by atoms with Crippen LogP contribution in [-0.4, -0.2) is 110 Å². The summed E-state index contributed by atoms with van der Waals surface area (Å²) in [4.78, 5) is 54.6. The number of ketones is 1. The van der Waals surface area contributed by atoms with Crippen LogP contribution in [0, 0.1) is 22.7 Å². The lowest BCUT2D eigenvalue weighted by Gasteiger charge is -2.66. The second kappa shape index (κ2) is 13.0. The maximum Gasteiger partial charge on any atom is 0.337 e. The Balaban J connectivity index is 1.40. The summed E-state index contributed by atoms with van der Waals surface area (Å²) in [5.74, 6) is -4.84. The Hall–Kier alpha value is -2.72. The summed E-state index contributed by atoms with van der Waals surface area (Å²) in [6.07, 6.45) is -5.50. The average molecular weight is 720 g/mol. The number of Topliss-reactive ketones (excluding diaryl/α,β-unsaturated/α-hetero) is 1. The molecule has 4 fully saturated rings. The number of amides is 1. The number of ether oxygens (including phenoxy) is 3. The minimum absolute atomic E-state index is 0.0152. The van der Waals surface area contributed by atoms with Crippen molar-refractivity contribution in [3.8, 4) is 0 Å². The molecule has 276 valence electrons. The predicted octanol–water partition coefficient (Wildman–Crippen LogP) is 1.57. The molecule has 1 aliphatic heterocycles. The molecule has 0 unspecified atom stereocenters. The predicted molar refractivity (Wildman–Crippen MR) is 178 cm³/mol. The monoisotopic (exact) mass is 719 g/mol. The fraction of sp³-hybridized carbons (Fsp3) is 0.722. The summed E-state index contributed by atoms with van der Waals surface area (Å²) >= 11 is 1.23. The number of rotatable bonds is 7. The first-order valence-electron chi connectivity index (χ1n) is 17.5. The molecule has 13 nitrogen and oxygen atoms in total. The summed E-state index contributed by atoms with van der Waals surface area (Å²) < 4.78 is 17.4. The van der Waals surface area contributed by atoms with Crippen molar-refractivity contribution in [2.45, 2.75) is 133 Å². The van der Waals surface area contributed by atoms with E-state index in [0.29, 0.717) is 17.7 Å². The van der Waals surface area contributed by atoms with Gasteiger partial charge in [0.05, 0.1) is 35.1 Å². The number of fused-ring (bicyclic) bond motifs is 5. The van der Waals surface area contributed by atoms with Crippen LogP contribution in [0.25, 0.3) is 0 Å². The number of nitrogens with one attached hydrogen (secondary N) is 1. The van der Waals surface area contributed by atoms with Crippen LogP contribution in [0.2, 0.25) is 0 Å². The zero-order valence-corrected chi connectivity index (χ0v) is 29.9. The van der Waals surface area contributed by atoms with E-state index >= 15 is 0 Å². The molecule has 0 aromatic carbocycles. The molecule has 6 N–H and O–H groups in total. The zero-order valence-electron chi connectivity index (χ0n) is 29.1. The highest BCUT2D eigenvalue weighted by Crippen LogP contribution is 2.63. The van der Waals surface area contributed by atoms with Crippen molar-refractivity contribution in [3.05, 3.63) is 33.5 Å². The van der Waals surface area contributed by atoms with Crippen molar-refractivity contribution in [1.29, 1.82) is 0 Å². The highest BCUT2D eigenvalue weighted by molar-refractivity contribution is 7.12. The Labute approximate surface area is 295 Å². The minimum Gasteiger partial charge on any atom is -0.459 e. The fourth-order valence-corrected chi connectivity index (χ4v) is 10.4. The van der Waals surface area contributed by atoms with E-state index in [9.17, 15) is 44.7 Å². The maximum absolute atomic E-state index is 14.4. The Bertz CT molecular complexity index is 1550. The Morgan fingerprint density at radius 2 is 1.76 bits per heavy atom. The number of hydrogen-bond acceptors (Lipinski definition) is 13. The van der Waals surface area contributed by atoms with Crippen molar-refractivity contribution in [2.75, 3.05) is 6.61 Å². The average Bonchev–Trinajstić information content (AvgIpc) is 3.61. The summed E-state index contributed by atoms with van der Waals surface area (Å²) in [7, 11) is 0. The molecule has 1 saturated heterocycles. The molecule has 11 atom stereocenters. The number of esters is 2. The Morgan fingerprint density at radius 1 is 1.08 bits per heavy atom. The summed E-state index contributed by atoms with van der Waals surface area (Å²) in [6.45, 7) is 6.95. The first-order valence-corrected chi connectivity index (χ1v) is 18.4. The van der Waals surface area contributed by atoms with E-state index in [0.717, 1.165) is 26.2 Å². The third kappa shape index (κ3) is 5.57. The maximum atomic E-state index is 14.4. The van der Waals surface area contributed by atoms with Crippen LogP contribution in [0.1, 0.15) is 89.2 Å². The molecule has 1 amide bonds. The van der Waals surface area contributed by atoms with Gasteiger partial charge in [-0.3, -0.25) is 14.4 Å². The van der Waals surface area contributed by atoms with Gasteiger partial charge in [-0.15, -0.1) is 11.3 Å². The van der Waals surface area contributed by atoms with Crippen LogP contribution >= 0.6 is 11.3 Å². The van der Waals surface area contributed by atoms with Crippen molar-refractivity contribution in [1.82, 2.24) is 5.32 Å². The molecule has 0 radical (unpaired) electrons. The smallest absolute Gasteiger partial charge is 0.337 e. The molecule has 50 heavy (non-hydrogen) atoms. The van der Waals surface area contributed by atoms with Gasteiger partial charge in [0.25, 0.3) is 5.91 Å². The third-order valence-electron chi connectivity index (χ3n) is 12.7. The number of carbonyl (C=O) groups is 4. The van der Waals surface area contributed by atoms with Gasteiger partial charge in [0.2, 0.25) is 0 Å². The van der Waals surface area contributed by atoms with E-state index < -0.39 is 101 Å². The van der Waals surface area contributed by atoms with E-state index in [-0.39, 0.29) is 30.1 Å². The molecular formula is C36H49NO12S. The van der Waals surface area contributed by atoms with Gasteiger partial charge in [-0.1, -0.05) is 39.2 Å². The van der Waals surface area contributed by atoms with Crippen LogP contribution in [0.15, 0.2) is 28.7 Å². The minimum atomic E-state index is -2.19. The van der Waals surface area contributed by atoms with Crippen molar-refractivity contribution >= 4 is 35.0 Å². The number of carbonyl (C=O) groups excluding carboxylic acids is 4. The number of hydrogen-bond donors (Lipinski definition) is 6. The number of aliphatic hydroxyl groups is 5. The molecule has 3 saturated carbocycles. The lowest BCUT2D eigenvalue weighted by Crippen LogP contribution is -2.81. The van der Waals surface area contributed by atoms with E-state index in [4.69, 9.17) is 14.2 Å². The zero-order chi connectivity index (χ0) is 36.6. The van der Waals surface area contributed by atoms with Gasteiger partial charge in [0, 0.05) is 31.1 Å². The van der Waals surface area contributed by atoms with Gasteiger partial charge in [0.1, 0.15) is 29.5 Å². The van der Waals surface area contributed by atoms with Crippen LogP contribution in [0.4, 0.5) is 0 Å². The van der Waals surface area contributed by atoms with Gasteiger partial charge in [-0.05, 0) is 55.2 Å². The van der Waals surface area contributed by atoms with E-state index in [1.165, 1.54) is 18.3 Å². The summed E-state index contributed by atoms with van der Waals surface area (Å²) in [5, 5.41) is 64.4. The molecule has 14 heteroatoms. The van der Waals surface area contributed by atoms with Gasteiger partial charge < -0.3 is 45.1 Å². The molecular weight excluding hydrogens is 670 g/mol. The Morgan fingerprint density at radius 3 is 2.34 bits per heavy atom. The van der Waals surface area contributed by atoms with E-state index in [2.05, 4.69) is 5.32 Å². The highest BCUT2D eigenvalue weighted by Gasteiger charge is 2.76. The SMILES string of the molecule is CC(=O)O[C@H]1[C@@H]2[C@]3(O)CO[C@@H]3C[C@H](O)[C@@]2(C)C(=O)[C@H](O)C2=C(C)[C@@H](OC(=O)[C@H](O)[C@@H](NC(=O)c3cccs3)C3CCCCC3)C[C@]1(O)C2(C)C. The normalized spacial score (nSPS) is 39.4. The quantitative estimate of drug-likeness (QED) is 0.175.